The summed E-state index contributed by atoms with van der Waals surface area (Å²) in [5, 5.41) is 15.3. The molecule has 1 aromatic heterocycles. The molecule has 1 aliphatic rings. The molecule has 0 radical (unpaired) electrons. The Morgan fingerprint density at radius 2 is 1.67 bits per heavy atom. The Hall–Kier alpha value is -3.26. The van der Waals surface area contributed by atoms with Gasteiger partial charge in [-0.25, -0.2) is 0 Å². The lowest BCUT2D eigenvalue weighted by Gasteiger charge is -2.15. The van der Waals surface area contributed by atoms with Gasteiger partial charge in [-0.15, -0.1) is 0 Å². The lowest BCUT2D eigenvalue weighted by molar-refractivity contribution is -0.255. The Morgan fingerprint density at radius 3 is 2.25 bits per heavy atom. The summed E-state index contributed by atoms with van der Waals surface area (Å²) >= 11 is 4.71. The van der Waals surface area contributed by atoms with E-state index in [1.807, 2.05) is 0 Å². The summed E-state index contributed by atoms with van der Waals surface area (Å²) in [4.78, 5) is 34.3. The predicted octanol–water partition coefficient (Wildman–Crippen LogP) is 0.224. The second-order valence-electron chi connectivity index (χ2n) is 4.86. The van der Waals surface area contributed by atoms with Crippen molar-refractivity contribution in [2.75, 3.05) is 0 Å². The van der Waals surface area contributed by atoms with Gasteiger partial charge in [-0.3, -0.25) is 20.2 Å². The van der Waals surface area contributed by atoms with Gasteiger partial charge in [0.05, 0.1) is 5.97 Å². The lowest BCUT2D eigenvalue weighted by atomic mass is 10.1. The number of carboxylic acids is 1. The van der Waals surface area contributed by atoms with Gasteiger partial charge in [-0.1, -0.05) is 24.3 Å². The van der Waals surface area contributed by atoms with E-state index in [-0.39, 0.29) is 16.2 Å². The molecule has 2 aromatic rings. The minimum atomic E-state index is -1.27. The molecule has 0 bridgehead atoms. The number of aromatic carboxylic acids is 1. The van der Waals surface area contributed by atoms with E-state index in [0.717, 1.165) is 0 Å². The second kappa shape index (κ2) is 6.09. The van der Waals surface area contributed by atoms with Crippen molar-refractivity contribution in [2.24, 2.45) is 0 Å². The van der Waals surface area contributed by atoms with Gasteiger partial charge in [-0.05, 0) is 36.0 Å². The molecule has 0 spiro atoms. The van der Waals surface area contributed by atoms with E-state index in [4.69, 9.17) is 16.6 Å². The van der Waals surface area contributed by atoms with Crippen molar-refractivity contribution in [1.29, 1.82) is 0 Å². The first-order valence-corrected chi connectivity index (χ1v) is 7.15. The fourth-order valence-corrected chi connectivity index (χ4v) is 2.29. The smallest absolute Gasteiger partial charge is 0.263 e. The molecule has 8 heteroatoms. The van der Waals surface area contributed by atoms with Crippen LogP contribution in [0.15, 0.2) is 46.4 Å². The highest BCUT2D eigenvalue weighted by atomic mass is 32.1. The standard InChI is InChI=1S/C16H10N2O5S/c19-13-11(14(20)18-16(24)17-13)7-10-5-6-12(23-10)8-1-3-9(4-2-8)15(21)22/h1-7H,(H,21,22)(H2,17,18,19,20,24)/p-1. The number of nitrogens with one attached hydrogen (secondary N) is 2. The SMILES string of the molecule is O=C1NC(=S)NC(=O)C1=Cc1ccc(-c2ccc(C(=O)[O-])cc2)o1. The molecular weight excluding hydrogens is 332 g/mol. The van der Waals surface area contributed by atoms with E-state index < -0.39 is 17.8 Å². The minimum absolute atomic E-state index is 0.0460. The van der Waals surface area contributed by atoms with Crippen LogP contribution < -0.4 is 15.7 Å². The summed E-state index contributed by atoms with van der Waals surface area (Å²) in [6, 6.07) is 9.16. The highest BCUT2D eigenvalue weighted by Gasteiger charge is 2.26. The molecule has 0 atom stereocenters. The topological polar surface area (TPSA) is 111 Å². The fraction of sp³-hybridized carbons (Fsp3) is 0. The molecule has 7 nitrogen and oxygen atoms in total. The third-order valence-electron chi connectivity index (χ3n) is 3.26. The number of benzene rings is 1. The van der Waals surface area contributed by atoms with Crippen LogP contribution in [0.5, 0.6) is 0 Å². The summed E-state index contributed by atoms with van der Waals surface area (Å²) in [7, 11) is 0. The molecule has 2 amide bonds. The van der Waals surface area contributed by atoms with Crippen molar-refractivity contribution in [1.82, 2.24) is 10.6 Å². The number of amides is 2. The maximum absolute atomic E-state index is 11.8. The van der Waals surface area contributed by atoms with Crippen molar-refractivity contribution in [3.05, 3.63) is 53.3 Å². The van der Waals surface area contributed by atoms with E-state index in [1.165, 1.54) is 18.2 Å². The van der Waals surface area contributed by atoms with Gasteiger partial charge in [0.25, 0.3) is 11.8 Å². The van der Waals surface area contributed by atoms with Crippen LogP contribution in [-0.4, -0.2) is 22.9 Å². The van der Waals surface area contributed by atoms with Gasteiger partial charge in [-0.2, -0.15) is 0 Å². The van der Waals surface area contributed by atoms with Crippen LogP contribution in [0, 0.1) is 0 Å². The summed E-state index contributed by atoms with van der Waals surface area (Å²) < 4.78 is 5.56. The Morgan fingerprint density at radius 1 is 1.04 bits per heavy atom. The average molecular weight is 341 g/mol. The zero-order valence-corrected chi connectivity index (χ0v) is 12.8. The average Bonchev–Trinajstić information content (AvgIpc) is 2.99. The molecule has 3 rings (SSSR count). The van der Waals surface area contributed by atoms with Crippen molar-refractivity contribution < 1.29 is 23.9 Å². The van der Waals surface area contributed by atoms with Crippen LogP contribution in [0.1, 0.15) is 16.1 Å². The van der Waals surface area contributed by atoms with Gasteiger partial charge in [0.1, 0.15) is 17.1 Å². The summed E-state index contributed by atoms with van der Waals surface area (Å²) in [5.74, 6) is -1.74. The maximum Gasteiger partial charge on any atom is 0.263 e. The molecule has 1 aromatic carbocycles. The Bertz CT molecular complexity index is 873. The summed E-state index contributed by atoms with van der Waals surface area (Å²) in [5.41, 5.74) is 0.569. The van der Waals surface area contributed by atoms with Crippen molar-refractivity contribution in [3.8, 4) is 11.3 Å². The molecule has 1 saturated heterocycles. The summed E-state index contributed by atoms with van der Waals surface area (Å²) in [6.45, 7) is 0. The fourth-order valence-electron chi connectivity index (χ4n) is 2.10. The van der Waals surface area contributed by atoms with Crippen LogP contribution in [0.3, 0.4) is 0 Å². The van der Waals surface area contributed by atoms with E-state index in [1.54, 1.807) is 24.3 Å². The molecule has 1 aliphatic heterocycles. The van der Waals surface area contributed by atoms with Crippen LogP contribution in [0.25, 0.3) is 17.4 Å². The first kappa shape index (κ1) is 15.6. The van der Waals surface area contributed by atoms with E-state index in [0.29, 0.717) is 17.1 Å². The van der Waals surface area contributed by atoms with E-state index >= 15 is 0 Å². The Kier molecular flexibility index (Phi) is 3.97. The molecular formula is C16H9N2O5S-. The molecule has 0 saturated carbocycles. The largest absolute Gasteiger partial charge is 0.545 e. The number of rotatable bonds is 3. The molecule has 2 N–H and O–H groups in total. The molecule has 120 valence electrons. The van der Waals surface area contributed by atoms with Crippen LogP contribution >= 0.6 is 12.2 Å². The number of thiocarbonyl (C=S) groups is 1. The number of hydrogen-bond donors (Lipinski definition) is 2. The maximum atomic E-state index is 11.8. The van der Waals surface area contributed by atoms with Crippen LogP contribution in [-0.2, 0) is 9.59 Å². The van der Waals surface area contributed by atoms with Crippen molar-refractivity contribution in [3.63, 3.8) is 0 Å². The second-order valence-corrected chi connectivity index (χ2v) is 5.27. The Labute approximate surface area is 141 Å². The van der Waals surface area contributed by atoms with Gasteiger partial charge < -0.3 is 14.3 Å². The van der Waals surface area contributed by atoms with Crippen LogP contribution in [0.2, 0.25) is 0 Å². The molecule has 0 aliphatic carbocycles. The lowest BCUT2D eigenvalue weighted by Crippen LogP contribution is -2.51. The van der Waals surface area contributed by atoms with E-state index in [9.17, 15) is 19.5 Å². The number of furan rings is 1. The van der Waals surface area contributed by atoms with Gasteiger partial charge >= 0.3 is 0 Å². The number of carbonyl (C=O) groups is 3. The number of carboxylic acid groups (broad SMARTS) is 1. The monoisotopic (exact) mass is 341 g/mol. The predicted molar refractivity (Wildman–Crippen MR) is 85.3 cm³/mol. The quantitative estimate of drug-likeness (QED) is 0.469. The normalized spacial score (nSPS) is 14.2. The zero-order chi connectivity index (χ0) is 17.3. The number of hydrogen-bond acceptors (Lipinski definition) is 6. The van der Waals surface area contributed by atoms with Crippen molar-refractivity contribution in [2.45, 2.75) is 0 Å². The third kappa shape index (κ3) is 3.08. The minimum Gasteiger partial charge on any atom is -0.545 e. The van der Waals surface area contributed by atoms with E-state index in [2.05, 4.69) is 10.6 Å². The Balaban J connectivity index is 1.86. The third-order valence-corrected chi connectivity index (χ3v) is 3.47. The highest BCUT2D eigenvalue weighted by Crippen LogP contribution is 2.24. The van der Waals surface area contributed by atoms with Gasteiger partial charge in [0, 0.05) is 5.56 Å². The van der Waals surface area contributed by atoms with Gasteiger partial charge in [0.15, 0.2) is 5.11 Å². The molecule has 1 fully saturated rings. The molecule has 0 unspecified atom stereocenters. The first-order valence-electron chi connectivity index (χ1n) is 6.74. The molecule has 24 heavy (non-hydrogen) atoms. The zero-order valence-electron chi connectivity index (χ0n) is 12.0. The molecule has 2 heterocycles. The first-order chi connectivity index (χ1) is 11.4. The van der Waals surface area contributed by atoms with Crippen LogP contribution in [0.4, 0.5) is 0 Å². The van der Waals surface area contributed by atoms with Gasteiger partial charge in [0.2, 0.25) is 0 Å². The number of carbonyl (C=O) groups excluding carboxylic acids is 3. The summed E-state index contributed by atoms with van der Waals surface area (Å²) in [6.07, 6.45) is 1.30. The van der Waals surface area contributed by atoms with Crippen molar-refractivity contribution >= 4 is 41.2 Å². The highest BCUT2D eigenvalue weighted by molar-refractivity contribution is 7.80.